The van der Waals surface area contributed by atoms with Gasteiger partial charge in [-0.25, -0.2) is 0 Å². The molecule has 1 fully saturated rings. The van der Waals surface area contributed by atoms with Crippen LogP contribution >= 0.6 is 0 Å². The number of nitrogen functional groups attached to an aromatic ring is 1. The lowest BCUT2D eigenvalue weighted by molar-refractivity contribution is 0.427. The second-order valence-corrected chi connectivity index (χ2v) is 3.83. The van der Waals surface area contributed by atoms with Crippen LogP contribution in [0.5, 0.6) is 5.75 Å². The highest BCUT2D eigenvalue weighted by molar-refractivity contribution is 5.56. The van der Waals surface area contributed by atoms with Crippen LogP contribution in [0, 0.1) is 0 Å². The van der Waals surface area contributed by atoms with E-state index in [1.54, 1.807) is 6.07 Å². The summed E-state index contributed by atoms with van der Waals surface area (Å²) in [6, 6.07) is 5.59. The molecule has 3 nitrogen and oxygen atoms in total. The van der Waals surface area contributed by atoms with Crippen LogP contribution < -0.4 is 11.1 Å². The highest BCUT2D eigenvalue weighted by Gasteiger charge is 2.18. The van der Waals surface area contributed by atoms with Crippen molar-refractivity contribution in [3.05, 3.63) is 23.8 Å². The van der Waals surface area contributed by atoms with Gasteiger partial charge in [0.1, 0.15) is 5.75 Å². The smallest absolute Gasteiger partial charge is 0.141 e. The van der Waals surface area contributed by atoms with Crippen molar-refractivity contribution >= 4 is 5.69 Å². The second-order valence-electron chi connectivity index (χ2n) is 3.83. The molecule has 3 heteroatoms. The Bertz CT molecular complexity index is 319. The summed E-state index contributed by atoms with van der Waals surface area (Å²) in [5.74, 6) is 0.674. The van der Waals surface area contributed by atoms with Crippen LogP contribution in [0.1, 0.15) is 24.3 Å². The number of rotatable bonds is 1. The first-order chi connectivity index (χ1) is 6.79. The summed E-state index contributed by atoms with van der Waals surface area (Å²) in [6.45, 7) is 2.02. The van der Waals surface area contributed by atoms with Crippen molar-refractivity contribution in [1.29, 1.82) is 0 Å². The van der Waals surface area contributed by atoms with E-state index in [9.17, 15) is 5.11 Å². The second kappa shape index (κ2) is 3.88. The number of hydrogen-bond donors (Lipinski definition) is 3. The molecule has 1 heterocycles. The highest BCUT2D eigenvalue weighted by atomic mass is 16.3. The zero-order valence-corrected chi connectivity index (χ0v) is 8.16. The van der Waals surface area contributed by atoms with Gasteiger partial charge in [0.05, 0.1) is 5.69 Å². The van der Waals surface area contributed by atoms with Crippen LogP contribution in [0.15, 0.2) is 18.2 Å². The molecule has 4 N–H and O–H groups in total. The zero-order chi connectivity index (χ0) is 9.97. The van der Waals surface area contributed by atoms with Crippen LogP contribution in [0.3, 0.4) is 0 Å². The number of para-hydroxylation sites is 1. The van der Waals surface area contributed by atoms with E-state index in [1.165, 1.54) is 6.42 Å². The van der Waals surface area contributed by atoms with Gasteiger partial charge in [0, 0.05) is 18.0 Å². The largest absolute Gasteiger partial charge is 0.505 e. The molecule has 0 bridgehead atoms. The summed E-state index contributed by atoms with van der Waals surface area (Å²) in [5, 5.41) is 13.1. The minimum Gasteiger partial charge on any atom is -0.505 e. The van der Waals surface area contributed by atoms with Crippen LogP contribution in [-0.2, 0) is 0 Å². The molecule has 0 aromatic heterocycles. The van der Waals surface area contributed by atoms with E-state index in [1.807, 2.05) is 12.1 Å². The van der Waals surface area contributed by atoms with Gasteiger partial charge in [-0.3, -0.25) is 0 Å². The van der Waals surface area contributed by atoms with Gasteiger partial charge in [-0.2, -0.15) is 0 Å². The molecule has 1 aromatic carbocycles. The van der Waals surface area contributed by atoms with Gasteiger partial charge in [0.2, 0.25) is 0 Å². The van der Waals surface area contributed by atoms with E-state index in [0.29, 0.717) is 11.6 Å². The summed E-state index contributed by atoms with van der Waals surface area (Å²) < 4.78 is 0. The lowest BCUT2D eigenvalue weighted by Gasteiger charge is -2.24. The van der Waals surface area contributed by atoms with E-state index >= 15 is 0 Å². The quantitative estimate of drug-likeness (QED) is 0.466. The van der Waals surface area contributed by atoms with Gasteiger partial charge in [-0.05, 0) is 25.5 Å². The molecule has 0 spiro atoms. The monoisotopic (exact) mass is 192 g/mol. The van der Waals surface area contributed by atoms with Crippen molar-refractivity contribution in [2.24, 2.45) is 0 Å². The standard InChI is InChI=1S/C11H16N2O/c12-10-5-1-4-9(11(10)14)8-3-2-6-13-7-8/h1,4-5,8,13-14H,2-3,6-7,12H2/t8-/m0/s1. The van der Waals surface area contributed by atoms with Crippen molar-refractivity contribution in [1.82, 2.24) is 5.32 Å². The Kier molecular flexibility index (Phi) is 2.59. The molecule has 0 unspecified atom stereocenters. The number of hydrogen-bond acceptors (Lipinski definition) is 3. The topological polar surface area (TPSA) is 58.3 Å². The molecule has 2 rings (SSSR count). The van der Waals surface area contributed by atoms with Gasteiger partial charge in [-0.1, -0.05) is 12.1 Å². The molecule has 1 aliphatic rings. The van der Waals surface area contributed by atoms with E-state index in [0.717, 1.165) is 25.1 Å². The number of nitrogens with two attached hydrogens (primary N) is 1. The summed E-state index contributed by atoms with van der Waals surface area (Å²) in [6.07, 6.45) is 2.29. The molecular formula is C11H16N2O. The Morgan fingerprint density at radius 3 is 3.00 bits per heavy atom. The third kappa shape index (κ3) is 1.68. The number of phenolic OH excluding ortho intramolecular Hbond substituents is 1. The molecule has 14 heavy (non-hydrogen) atoms. The van der Waals surface area contributed by atoms with Crippen molar-refractivity contribution in [2.45, 2.75) is 18.8 Å². The van der Waals surface area contributed by atoms with Crippen molar-refractivity contribution < 1.29 is 5.11 Å². The lowest BCUT2D eigenvalue weighted by atomic mass is 9.91. The fourth-order valence-corrected chi connectivity index (χ4v) is 2.03. The fourth-order valence-electron chi connectivity index (χ4n) is 2.03. The summed E-state index contributed by atoms with van der Waals surface area (Å²) in [5.41, 5.74) is 7.12. The number of nitrogens with one attached hydrogen (secondary N) is 1. The molecular weight excluding hydrogens is 176 g/mol. The van der Waals surface area contributed by atoms with E-state index < -0.39 is 0 Å². The van der Waals surface area contributed by atoms with Gasteiger partial charge in [-0.15, -0.1) is 0 Å². The number of piperidine rings is 1. The maximum atomic E-state index is 9.80. The van der Waals surface area contributed by atoms with Crippen LogP contribution in [0.25, 0.3) is 0 Å². The molecule has 0 radical (unpaired) electrons. The zero-order valence-electron chi connectivity index (χ0n) is 8.16. The van der Waals surface area contributed by atoms with Gasteiger partial charge < -0.3 is 16.2 Å². The Morgan fingerprint density at radius 1 is 1.43 bits per heavy atom. The molecule has 1 aliphatic heterocycles. The summed E-state index contributed by atoms with van der Waals surface area (Å²) in [4.78, 5) is 0. The molecule has 0 saturated carbocycles. The van der Waals surface area contributed by atoms with Crippen LogP contribution in [0.4, 0.5) is 5.69 Å². The number of aromatic hydroxyl groups is 1. The molecule has 0 amide bonds. The first-order valence-electron chi connectivity index (χ1n) is 5.07. The first kappa shape index (κ1) is 9.34. The summed E-state index contributed by atoms with van der Waals surface area (Å²) >= 11 is 0. The minimum absolute atomic E-state index is 0.265. The minimum atomic E-state index is 0.265. The van der Waals surface area contributed by atoms with Gasteiger partial charge >= 0.3 is 0 Å². The molecule has 1 aromatic rings. The van der Waals surface area contributed by atoms with Crippen molar-refractivity contribution in [3.8, 4) is 5.75 Å². The molecule has 1 saturated heterocycles. The van der Waals surface area contributed by atoms with Gasteiger partial charge in [0.25, 0.3) is 0 Å². The normalized spacial score (nSPS) is 22.1. The number of phenols is 1. The Hall–Kier alpha value is -1.22. The van der Waals surface area contributed by atoms with Crippen LogP contribution in [0.2, 0.25) is 0 Å². The van der Waals surface area contributed by atoms with E-state index in [2.05, 4.69) is 5.32 Å². The maximum Gasteiger partial charge on any atom is 0.141 e. The Labute approximate surface area is 83.9 Å². The third-order valence-electron chi connectivity index (χ3n) is 2.84. The average molecular weight is 192 g/mol. The van der Waals surface area contributed by atoms with E-state index in [-0.39, 0.29) is 5.75 Å². The maximum absolute atomic E-state index is 9.80. The first-order valence-corrected chi connectivity index (χ1v) is 5.07. The molecule has 0 aliphatic carbocycles. The average Bonchev–Trinajstić information content (AvgIpc) is 2.23. The Morgan fingerprint density at radius 2 is 2.29 bits per heavy atom. The van der Waals surface area contributed by atoms with Crippen molar-refractivity contribution in [3.63, 3.8) is 0 Å². The van der Waals surface area contributed by atoms with Crippen LogP contribution in [-0.4, -0.2) is 18.2 Å². The summed E-state index contributed by atoms with van der Waals surface area (Å²) in [7, 11) is 0. The molecule has 76 valence electrons. The highest BCUT2D eigenvalue weighted by Crippen LogP contribution is 2.33. The predicted octanol–water partition coefficient (Wildman–Crippen LogP) is 1.44. The van der Waals surface area contributed by atoms with Gasteiger partial charge in [0.15, 0.2) is 0 Å². The number of benzene rings is 1. The third-order valence-corrected chi connectivity index (χ3v) is 2.84. The molecule has 1 atom stereocenters. The fraction of sp³-hybridized carbons (Fsp3) is 0.455. The van der Waals surface area contributed by atoms with Crippen molar-refractivity contribution in [2.75, 3.05) is 18.8 Å². The van der Waals surface area contributed by atoms with E-state index in [4.69, 9.17) is 5.73 Å². The number of anilines is 1. The lowest BCUT2D eigenvalue weighted by Crippen LogP contribution is -2.28. The predicted molar refractivity (Wildman–Crippen MR) is 57.4 cm³/mol. The Balaban J connectivity index is 2.26. The SMILES string of the molecule is Nc1cccc([C@H]2CCCNC2)c1O.